The number of hydrogen-bond acceptors (Lipinski definition) is 4. The van der Waals surface area contributed by atoms with Gasteiger partial charge in [0.1, 0.15) is 11.3 Å². The number of methoxy groups -OCH3 is 2. The molecule has 0 saturated heterocycles. The van der Waals surface area contributed by atoms with Crippen LogP contribution in [0.1, 0.15) is 44.3 Å². The van der Waals surface area contributed by atoms with Crippen molar-refractivity contribution in [3.8, 4) is 5.75 Å². The van der Waals surface area contributed by atoms with Gasteiger partial charge in [-0.3, -0.25) is 4.79 Å². The maximum Gasteiger partial charge on any atom is 0.342 e. The predicted molar refractivity (Wildman–Crippen MR) is 68.5 cm³/mol. The minimum absolute atomic E-state index is 0.172. The van der Waals surface area contributed by atoms with Crippen LogP contribution in [0, 0.1) is 20.8 Å². The van der Waals surface area contributed by atoms with E-state index in [1.54, 1.807) is 0 Å². The van der Waals surface area contributed by atoms with E-state index in [0.717, 1.165) is 16.7 Å². The molecule has 0 fully saturated rings. The van der Waals surface area contributed by atoms with Gasteiger partial charge >= 0.3 is 5.97 Å². The Hall–Kier alpha value is -1.84. The number of ether oxygens (including phenoxy) is 2. The first-order chi connectivity index (χ1) is 8.36. The topological polar surface area (TPSA) is 52.6 Å². The summed E-state index contributed by atoms with van der Waals surface area (Å²) in [6.07, 6.45) is 0. The molecule has 0 saturated carbocycles. The molecular formula is C14H18O4. The van der Waals surface area contributed by atoms with Crippen molar-refractivity contribution in [3.63, 3.8) is 0 Å². The molecule has 0 aliphatic heterocycles. The summed E-state index contributed by atoms with van der Waals surface area (Å²) in [5, 5.41) is 0. The fraction of sp³-hybridized carbons (Fsp3) is 0.429. The van der Waals surface area contributed by atoms with Gasteiger partial charge in [0.25, 0.3) is 0 Å². The number of rotatable bonds is 3. The van der Waals surface area contributed by atoms with E-state index in [9.17, 15) is 9.59 Å². The van der Waals surface area contributed by atoms with E-state index < -0.39 is 5.97 Å². The summed E-state index contributed by atoms with van der Waals surface area (Å²) in [5.74, 6) is -0.312. The van der Waals surface area contributed by atoms with Gasteiger partial charge in [-0.15, -0.1) is 0 Å². The molecule has 0 atom stereocenters. The van der Waals surface area contributed by atoms with Gasteiger partial charge in [-0.1, -0.05) is 0 Å². The number of hydrogen-bond donors (Lipinski definition) is 0. The standard InChI is InChI=1S/C14H18O4/c1-7-8(2)11(10(4)15)12(14(16)18-6)13(17-5)9(7)3/h1-6H3. The Bertz CT molecular complexity index is 515. The largest absolute Gasteiger partial charge is 0.496 e. The third-order valence-corrected chi connectivity index (χ3v) is 3.26. The highest BCUT2D eigenvalue weighted by Gasteiger charge is 2.26. The van der Waals surface area contributed by atoms with Crippen LogP contribution < -0.4 is 4.74 Å². The van der Waals surface area contributed by atoms with Crippen molar-refractivity contribution in [2.45, 2.75) is 27.7 Å². The quantitative estimate of drug-likeness (QED) is 0.611. The molecule has 0 aromatic heterocycles. The fourth-order valence-corrected chi connectivity index (χ4v) is 2.12. The normalized spacial score (nSPS) is 10.1. The maximum absolute atomic E-state index is 11.9. The minimum atomic E-state index is -0.553. The Morgan fingerprint density at radius 2 is 1.44 bits per heavy atom. The number of esters is 1. The van der Waals surface area contributed by atoms with Gasteiger partial charge < -0.3 is 9.47 Å². The van der Waals surface area contributed by atoms with E-state index in [2.05, 4.69) is 0 Å². The van der Waals surface area contributed by atoms with Crippen molar-refractivity contribution in [2.75, 3.05) is 14.2 Å². The first kappa shape index (κ1) is 14.2. The second kappa shape index (κ2) is 5.21. The van der Waals surface area contributed by atoms with Crippen LogP contribution in [-0.2, 0) is 4.74 Å². The van der Waals surface area contributed by atoms with E-state index >= 15 is 0 Å². The van der Waals surface area contributed by atoms with Crippen molar-refractivity contribution in [2.24, 2.45) is 0 Å². The van der Waals surface area contributed by atoms with Gasteiger partial charge in [-0.05, 0) is 44.4 Å². The van der Waals surface area contributed by atoms with Gasteiger partial charge in [-0.2, -0.15) is 0 Å². The van der Waals surface area contributed by atoms with Gasteiger partial charge in [0.2, 0.25) is 0 Å². The Labute approximate surface area is 107 Å². The van der Waals surface area contributed by atoms with Crippen LogP contribution in [0.3, 0.4) is 0 Å². The highest BCUT2D eigenvalue weighted by Crippen LogP contribution is 2.33. The minimum Gasteiger partial charge on any atom is -0.496 e. The van der Waals surface area contributed by atoms with Crippen molar-refractivity contribution in [1.82, 2.24) is 0 Å². The first-order valence-corrected chi connectivity index (χ1v) is 5.63. The van der Waals surface area contributed by atoms with Crippen molar-refractivity contribution in [3.05, 3.63) is 27.8 Å². The zero-order chi connectivity index (χ0) is 14.0. The SMILES string of the molecule is COC(=O)c1c(OC)c(C)c(C)c(C)c1C(C)=O. The second-order valence-electron chi connectivity index (χ2n) is 4.21. The molecule has 4 nitrogen and oxygen atoms in total. The molecule has 1 aromatic carbocycles. The molecule has 0 amide bonds. The molecule has 0 aliphatic rings. The maximum atomic E-state index is 11.9. The van der Waals surface area contributed by atoms with Gasteiger partial charge in [0.15, 0.2) is 5.78 Å². The lowest BCUT2D eigenvalue weighted by Gasteiger charge is -2.18. The van der Waals surface area contributed by atoms with E-state index in [4.69, 9.17) is 9.47 Å². The molecule has 0 heterocycles. The average molecular weight is 250 g/mol. The van der Waals surface area contributed by atoms with Gasteiger partial charge in [-0.25, -0.2) is 4.79 Å². The van der Waals surface area contributed by atoms with Crippen LogP contribution in [0.5, 0.6) is 5.75 Å². The molecular weight excluding hydrogens is 232 g/mol. The molecule has 1 aromatic rings. The van der Waals surface area contributed by atoms with Crippen LogP contribution in [0.4, 0.5) is 0 Å². The Kier molecular flexibility index (Phi) is 4.11. The highest BCUT2D eigenvalue weighted by molar-refractivity contribution is 6.08. The Balaban J connectivity index is 3.83. The summed E-state index contributed by atoms with van der Waals surface area (Å²) in [5.41, 5.74) is 3.18. The van der Waals surface area contributed by atoms with E-state index in [1.807, 2.05) is 20.8 Å². The van der Waals surface area contributed by atoms with Gasteiger partial charge in [0, 0.05) is 5.56 Å². The summed E-state index contributed by atoms with van der Waals surface area (Å²) in [4.78, 5) is 23.7. The van der Waals surface area contributed by atoms with Crippen LogP contribution >= 0.6 is 0 Å². The van der Waals surface area contributed by atoms with Crippen molar-refractivity contribution in [1.29, 1.82) is 0 Å². The smallest absolute Gasteiger partial charge is 0.342 e. The zero-order valence-electron chi connectivity index (χ0n) is 11.6. The molecule has 0 aliphatic carbocycles. The fourth-order valence-electron chi connectivity index (χ4n) is 2.12. The van der Waals surface area contributed by atoms with Crippen LogP contribution in [0.2, 0.25) is 0 Å². The molecule has 0 bridgehead atoms. The number of benzene rings is 1. The van der Waals surface area contributed by atoms with Crippen LogP contribution in [0.15, 0.2) is 0 Å². The molecule has 0 spiro atoms. The molecule has 0 radical (unpaired) electrons. The molecule has 0 N–H and O–H groups in total. The summed E-state index contributed by atoms with van der Waals surface area (Å²) in [7, 11) is 2.77. The van der Waals surface area contributed by atoms with Crippen molar-refractivity contribution < 1.29 is 19.1 Å². The monoisotopic (exact) mass is 250 g/mol. The summed E-state index contributed by atoms with van der Waals surface area (Å²) in [6.45, 7) is 7.02. The van der Waals surface area contributed by atoms with Crippen LogP contribution in [-0.4, -0.2) is 26.0 Å². The molecule has 98 valence electrons. The number of carbonyl (C=O) groups excluding carboxylic acids is 2. The Morgan fingerprint density at radius 3 is 1.83 bits per heavy atom. The number of Topliss-reactive ketones (excluding diaryl/α,β-unsaturated/α-hetero) is 1. The van der Waals surface area contributed by atoms with Gasteiger partial charge in [0.05, 0.1) is 14.2 Å². The third kappa shape index (κ3) is 2.10. The lowest BCUT2D eigenvalue weighted by atomic mass is 9.90. The summed E-state index contributed by atoms with van der Waals surface area (Å²) >= 11 is 0. The second-order valence-corrected chi connectivity index (χ2v) is 4.21. The predicted octanol–water partition coefficient (Wildman–Crippen LogP) is 2.61. The average Bonchev–Trinajstić information content (AvgIpc) is 2.34. The lowest BCUT2D eigenvalue weighted by Crippen LogP contribution is -2.15. The van der Waals surface area contributed by atoms with Crippen molar-refractivity contribution >= 4 is 11.8 Å². The summed E-state index contributed by atoms with van der Waals surface area (Å²) in [6, 6.07) is 0. The molecule has 18 heavy (non-hydrogen) atoms. The van der Waals surface area contributed by atoms with Crippen LogP contribution in [0.25, 0.3) is 0 Å². The third-order valence-electron chi connectivity index (χ3n) is 3.26. The van der Waals surface area contributed by atoms with E-state index in [1.165, 1.54) is 21.1 Å². The number of ketones is 1. The summed E-state index contributed by atoms with van der Waals surface area (Å²) < 4.78 is 10.0. The van der Waals surface area contributed by atoms with E-state index in [0.29, 0.717) is 11.3 Å². The number of carbonyl (C=O) groups is 2. The molecule has 0 unspecified atom stereocenters. The Morgan fingerprint density at radius 1 is 0.889 bits per heavy atom. The molecule has 4 heteroatoms. The van der Waals surface area contributed by atoms with E-state index in [-0.39, 0.29) is 11.3 Å². The zero-order valence-corrected chi connectivity index (χ0v) is 11.6. The lowest BCUT2D eigenvalue weighted by molar-refractivity contribution is 0.0593. The highest BCUT2D eigenvalue weighted by atomic mass is 16.5. The molecule has 1 rings (SSSR count). The first-order valence-electron chi connectivity index (χ1n) is 5.63.